The summed E-state index contributed by atoms with van der Waals surface area (Å²) in [7, 11) is 0. The van der Waals surface area contributed by atoms with E-state index in [0.29, 0.717) is 5.41 Å². The third kappa shape index (κ3) is 1.95. The lowest BCUT2D eigenvalue weighted by Crippen LogP contribution is -2.08. The second-order valence-electron chi connectivity index (χ2n) is 5.00. The van der Waals surface area contributed by atoms with Crippen LogP contribution in [0.1, 0.15) is 26.3 Å². The fraction of sp³-hybridized carbons (Fsp3) is 0.417. The van der Waals surface area contributed by atoms with Gasteiger partial charge in [0.1, 0.15) is 0 Å². The quantitative estimate of drug-likeness (QED) is 0.672. The first-order chi connectivity index (χ1) is 6.54. The molecule has 2 heteroatoms. The predicted octanol–water partition coefficient (Wildman–Crippen LogP) is 2.92. The lowest BCUT2D eigenvalue weighted by molar-refractivity contribution is 0.411. The van der Waals surface area contributed by atoms with Gasteiger partial charge in [0, 0.05) is 17.9 Å². The van der Waals surface area contributed by atoms with Crippen molar-refractivity contribution in [2.24, 2.45) is 5.41 Å². The second kappa shape index (κ2) is 3.12. The third-order valence-electron chi connectivity index (χ3n) is 2.19. The molecular weight excluding hydrogens is 172 g/mol. The van der Waals surface area contributed by atoms with Crippen LogP contribution in [0, 0.1) is 5.41 Å². The molecule has 0 aliphatic rings. The Hall–Kier alpha value is -1.31. The Morgan fingerprint density at radius 3 is 2.79 bits per heavy atom. The maximum absolute atomic E-state index is 4.09. The minimum Gasteiger partial charge on any atom is -0.308 e. The van der Waals surface area contributed by atoms with E-state index in [4.69, 9.17) is 0 Å². The molecule has 0 radical (unpaired) electrons. The third-order valence-corrected chi connectivity index (χ3v) is 2.19. The molecule has 0 unspecified atom stereocenters. The summed E-state index contributed by atoms with van der Waals surface area (Å²) in [6.45, 7) is 6.77. The molecule has 0 amide bonds. The summed E-state index contributed by atoms with van der Waals surface area (Å²) in [5.41, 5.74) is 2.95. The van der Waals surface area contributed by atoms with E-state index >= 15 is 0 Å². The highest BCUT2D eigenvalue weighted by Gasteiger charge is 2.12. The Labute approximate surface area is 84.6 Å². The van der Waals surface area contributed by atoms with Crippen molar-refractivity contribution in [1.29, 1.82) is 0 Å². The van der Waals surface area contributed by atoms with Gasteiger partial charge in [-0.15, -0.1) is 0 Å². The number of aromatic nitrogens is 2. The summed E-state index contributed by atoms with van der Waals surface area (Å²) in [4.78, 5) is 4.09. The highest BCUT2D eigenvalue weighted by atomic mass is 14.9. The Morgan fingerprint density at radius 2 is 2.14 bits per heavy atom. The van der Waals surface area contributed by atoms with Crippen LogP contribution in [0.3, 0.4) is 0 Å². The largest absolute Gasteiger partial charge is 0.308 e. The number of hydrogen-bond donors (Lipinski definition) is 0. The van der Waals surface area contributed by atoms with Crippen molar-refractivity contribution in [3.8, 4) is 0 Å². The fourth-order valence-electron chi connectivity index (χ4n) is 1.73. The Kier molecular flexibility index (Phi) is 2.06. The molecule has 2 rings (SSSR count). The lowest BCUT2D eigenvalue weighted by atomic mass is 9.89. The van der Waals surface area contributed by atoms with E-state index in [9.17, 15) is 0 Å². The highest BCUT2D eigenvalue weighted by Crippen LogP contribution is 2.21. The molecule has 2 aromatic rings. The minimum atomic E-state index is 0.346. The topological polar surface area (TPSA) is 17.3 Å². The van der Waals surface area contributed by atoms with Crippen molar-refractivity contribution >= 4 is 5.52 Å². The maximum Gasteiger partial charge on any atom is 0.0990 e. The summed E-state index contributed by atoms with van der Waals surface area (Å²) in [6.07, 6.45) is 6.94. The van der Waals surface area contributed by atoms with E-state index in [1.807, 2.05) is 18.6 Å². The number of fused-ring (bicyclic) bond motifs is 1. The predicted molar refractivity (Wildman–Crippen MR) is 58.4 cm³/mol. The first-order valence-electron chi connectivity index (χ1n) is 4.95. The zero-order valence-electron chi connectivity index (χ0n) is 8.99. The Balaban J connectivity index is 2.36. The van der Waals surface area contributed by atoms with Crippen molar-refractivity contribution in [1.82, 2.24) is 9.38 Å². The average molecular weight is 188 g/mol. The van der Waals surface area contributed by atoms with Crippen molar-refractivity contribution in [3.63, 3.8) is 0 Å². The maximum atomic E-state index is 4.09. The first kappa shape index (κ1) is 9.25. The van der Waals surface area contributed by atoms with Gasteiger partial charge in [0.15, 0.2) is 0 Å². The Morgan fingerprint density at radius 1 is 1.36 bits per heavy atom. The molecule has 2 heterocycles. The van der Waals surface area contributed by atoms with Crippen LogP contribution in [0.2, 0.25) is 0 Å². The van der Waals surface area contributed by atoms with E-state index in [-0.39, 0.29) is 0 Å². The number of rotatable bonds is 1. The standard InChI is InChI=1S/C12H16N2/c1-12(2,3)7-10-6-11-4-5-13-9-14(11)8-10/h4-6,8-9H,7H2,1-3H3. The average Bonchev–Trinajstić information content (AvgIpc) is 2.42. The van der Waals surface area contributed by atoms with Gasteiger partial charge in [-0.1, -0.05) is 20.8 Å². The molecule has 0 aliphatic heterocycles. The van der Waals surface area contributed by atoms with Crippen LogP contribution >= 0.6 is 0 Å². The van der Waals surface area contributed by atoms with Crippen LogP contribution in [0.15, 0.2) is 30.9 Å². The lowest BCUT2D eigenvalue weighted by Gasteiger charge is -2.16. The summed E-state index contributed by atoms with van der Waals surface area (Å²) >= 11 is 0. The van der Waals surface area contributed by atoms with Crippen LogP contribution in [0.25, 0.3) is 5.52 Å². The SMILES string of the molecule is CC(C)(C)Cc1cc2ccncn2c1. The molecule has 0 spiro atoms. The van der Waals surface area contributed by atoms with Crippen LogP contribution in [0.5, 0.6) is 0 Å². The molecule has 0 aromatic carbocycles. The van der Waals surface area contributed by atoms with E-state index in [0.717, 1.165) is 6.42 Å². The molecule has 0 fully saturated rings. The molecule has 0 atom stereocenters. The van der Waals surface area contributed by atoms with Crippen LogP contribution in [-0.2, 0) is 6.42 Å². The summed E-state index contributed by atoms with van der Waals surface area (Å²) in [6, 6.07) is 4.26. The van der Waals surface area contributed by atoms with Gasteiger partial charge < -0.3 is 4.40 Å². The van der Waals surface area contributed by atoms with Crippen LogP contribution in [-0.4, -0.2) is 9.38 Å². The fourth-order valence-corrected chi connectivity index (χ4v) is 1.73. The molecule has 0 saturated carbocycles. The molecule has 74 valence electrons. The Bertz CT molecular complexity index is 402. The number of nitrogens with zero attached hydrogens (tertiary/aromatic N) is 2. The first-order valence-corrected chi connectivity index (χ1v) is 4.95. The van der Waals surface area contributed by atoms with Gasteiger partial charge in [-0.25, -0.2) is 4.98 Å². The molecule has 0 aliphatic carbocycles. The van der Waals surface area contributed by atoms with Crippen molar-refractivity contribution < 1.29 is 0 Å². The van der Waals surface area contributed by atoms with Crippen LogP contribution in [0.4, 0.5) is 0 Å². The normalized spacial score (nSPS) is 12.2. The van der Waals surface area contributed by atoms with Crippen LogP contribution < -0.4 is 0 Å². The molecule has 0 saturated heterocycles. The minimum absolute atomic E-state index is 0.346. The zero-order chi connectivity index (χ0) is 10.2. The van der Waals surface area contributed by atoms with E-state index in [1.165, 1.54) is 11.1 Å². The summed E-state index contributed by atoms with van der Waals surface area (Å²) in [5.74, 6) is 0. The van der Waals surface area contributed by atoms with Gasteiger partial charge in [-0.2, -0.15) is 0 Å². The molecule has 0 N–H and O–H groups in total. The van der Waals surface area contributed by atoms with Gasteiger partial charge in [-0.05, 0) is 29.5 Å². The van der Waals surface area contributed by atoms with Gasteiger partial charge in [-0.3, -0.25) is 0 Å². The van der Waals surface area contributed by atoms with Crippen molar-refractivity contribution in [2.45, 2.75) is 27.2 Å². The molecule has 2 aromatic heterocycles. The molecule has 2 nitrogen and oxygen atoms in total. The van der Waals surface area contributed by atoms with Gasteiger partial charge >= 0.3 is 0 Å². The van der Waals surface area contributed by atoms with Crippen molar-refractivity contribution in [3.05, 3.63) is 36.4 Å². The van der Waals surface area contributed by atoms with Gasteiger partial charge in [0.05, 0.1) is 6.33 Å². The second-order valence-corrected chi connectivity index (χ2v) is 5.00. The smallest absolute Gasteiger partial charge is 0.0990 e. The van der Waals surface area contributed by atoms with E-state index in [2.05, 4.69) is 42.4 Å². The monoisotopic (exact) mass is 188 g/mol. The summed E-state index contributed by atoms with van der Waals surface area (Å²) in [5, 5.41) is 0. The highest BCUT2D eigenvalue weighted by molar-refractivity contribution is 5.49. The van der Waals surface area contributed by atoms with E-state index in [1.54, 1.807) is 0 Å². The molecule has 14 heavy (non-hydrogen) atoms. The molecule has 0 bridgehead atoms. The zero-order valence-corrected chi connectivity index (χ0v) is 8.99. The van der Waals surface area contributed by atoms with Gasteiger partial charge in [0.2, 0.25) is 0 Å². The molecular formula is C12H16N2. The van der Waals surface area contributed by atoms with E-state index < -0.39 is 0 Å². The summed E-state index contributed by atoms with van der Waals surface area (Å²) < 4.78 is 2.07. The number of hydrogen-bond acceptors (Lipinski definition) is 1. The van der Waals surface area contributed by atoms with Crippen molar-refractivity contribution in [2.75, 3.05) is 0 Å². The van der Waals surface area contributed by atoms with Gasteiger partial charge in [0.25, 0.3) is 0 Å².